The Bertz CT molecular complexity index is 1350. The number of aliphatic carboxylic acids is 1. The summed E-state index contributed by atoms with van der Waals surface area (Å²) in [5.41, 5.74) is 0. The minimum Gasteiger partial charge on any atom is -0.477 e. The van der Waals surface area contributed by atoms with E-state index in [-0.39, 0.29) is 0 Å². The Kier molecular flexibility index (Phi) is 16.4. The molecule has 0 saturated carbocycles. The van der Waals surface area contributed by atoms with Gasteiger partial charge in [0.05, 0.1) is 38.6 Å². The van der Waals surface area contributed by atoms with E-state index in [0.29, 0.717) is 0 Å². The molecule has 1 unspecified atom stereocenters. The van der Waals surface area contributed by atoms with Gasteiger partial charge in [0.25, 0.3) is 5.79 Å². The van der Waals surface area contributed by atoms with E-state index in [1.807, 2.05) is 0 Å². The van der Waals surface area contributed by atoms with E-state index in [1.54, 1.807) is 0 Å². The number of carboxylic acid groups (broad SMARTS) is 1. The van der Waals surface area contributed by atoms with Crippen molar-refractivity contribution < 1.29 is 119 Å². The van der Waals surface area contributed by atoms with Gasteiger partial charge < -0.3 is 115 Å². The number of rotatable bonds is 15. The van der Waals surface area contributed by atoms with Crippen LogP contribution in [0.4, 0.5) is 0 Å². The maximum atomic E-state index is 12.6. The van der Waals surface area contributed by atoms with Crippen LogP contribution in [-0.2, 0) is 47.5 Å². The molecule has 4 heterocycles. The molecule has 0 aromatic rings. The molecule has 0 radical (unpaired) electrons. The van der Waals surface area contributed by atoms with Crippen molar-refractivity contribution in [3.8, 4) is 0 Å². The Morgan fingerprint density at radius 1 is 0.702 bits per heavy atom. The number of carboxylic acids is 1. The van der Waals surface area contributed by atoms with Crippen LogP contribution in [0.1, 0.15) is 20.3 Å². The summed E-state index contributed by atoms with van der Waals surface area (Å²) in [5, 5.41) is 150. The number of carbonyl (C=O) groups is 3. The van der Waals surface area contributed by atoms with Gasteiger partial charge in [0, 0.05) is 20.3 Å². The van der Waals surface area contributed by atoms with Gasteiger partial charge >= 0.3 is 5.97 Å². The second-order valence-corrected chi connectivity index (χ2v) is 14.1. The molecule has 0 aliphatic carbocycles. The summed E-state index contributed by atoms with van der Waals surface area (Å²) >= 11 is 0. The maximum Gasteiger partial charge on any atom is 0.364 e. The van der Waals surface area contributed by atoms with Crippen LogP contribution in [0.25, 0.3) is 0 Å². The number of hydrogen-bond acceptors (Lipinski definition) is 23. The summed E-state index contributed by atoms with van der Waals surface area (Å²) in [6.45, 7) is -1.86. The van der Waals surface area contributed by atoms with E-state index >= 15 is 0 Å². The summed E-state index contributed by atoms with van der Waals surface area (Å²) in [6.07, 6.45) is -35.5. The first kappa shape index (κ1) is 47.3. The fourth-order valence-corrected chi connectivity index (χ4v) is 6.92. The van der Waals surface area contributed by atoms with Crippen LogP contribution >= 0.6 is 0 Å². The Labute approximate surface area is 322 Å². The first-order chi connectivity index (χ1) is 26.7. The van der Waals surface area contributed by atoms with Crippen molar-refractivity contribution in [1.29, 1.82) is 0 Å². The molecule has 4 rings (SSSR count). The van der Waals surface area contributed by atoms with Gasteiger partial charge in [-0.1, -0.05) is 0 Å². The summed E-state index contributed by atoms with van der Waals surface area (Å²) in [5.74, 6) is -6.44. The predicted octanol–water partition coefficient (Wildman–Crippen LogP) is -10.3. The molecule has 2 amide bonds. The van der Waals surface area contributed by atoms with Gasteiger partial charge in [-0.05, 0) is 0 Å². The standard InChI is InChI=1S/C31H52N2O24/c1-8(37)32-15-10(39)3-31(30(49)50,57-25(15)17(41)11(40)4-34)51-7-14-19(43)21(45)23(47)29(54-14)55-24-16(33-9(2)38)28(53-13(6-36)20(24)44)56-26-22(46)18(42)12(5-35)52-27(26)48/h10-29,34-36,39-48H,3-7H2,1-2H3,(H,32,37)(H,33,38)(H,49,50)/t10-,11+,12+,13+,14+,15+,16+,17+,18+,19-,20+,21-,22-,23+,24+,25+,26-,27?,28-,29-,31+/m0/s1. The van der Waals surface area contributed by atoms with Crippen LogP contribution in [0, 0.1) is 0 Å². The third-order valence-electron chi connectivity index (χ3n) is 9.98. The lowest BCUT2D eigenvalue weighted by atomic mass is 9.88. The summed E-state index contributed by atoms with van der Waals surface area (Å²) in [6, 6.07) is -3.23. The molecule has 0 spiro atoms. The Morgan fingerprint density at radius 2 is 1.25 bits per heavy atom. The average molecular weight is 837 g/mol. The fraction of sp³-hybridized carbons (Fsp3) is 0.903. The van der Waals surface area contributed by atoms with Gasteiger partial charge in [-0.3, -0.25) is 9.59 Å². The second-order valence-electron chi connectivity index (χ2n) is 14.1. The van der Waals surface area contributed by atoms with E-state index in [2.05, 4.69) is 10.6 Å². The Morgan fingerprint density at radius 3 is 1.81 bits per heavy atom. The van der Waals surface area contributed by atoms with Crippen molar-refractivity contribution in [2.45, 2.75) is 149 Å². The lowest BCUT2D eigenvalue weighted by molar-refractivity contribution is -0.371. The second kappa shape index (κ2) is 19.8. The number of amides is 2. The summed E-state index contributed by atoms with van der Waals surface area (Å²) in [7, 11) is 0. The van der Waals surface area contributed by atoms with Gasteiger partial charge in [0.1, 0.15) is 91.5 Å². The smallest absolute Gasteiger partial charge is 0.364 e. The quantitative estimate of drug-likeness (QED) is 0.0728. The first-order valence-corrected chi connectivity index (χ1v) is 17.7. The minimum absolute atomic E-state index is 0.758. The van der Waals surface area contributed by atoms with E-state index in [9.17, 15) is 85.9 Å². The molecule has 0 bridgehead atoms. The summed E-state index contributed by atoms with van der Waals surface area (Å²) in [4.78, 5) is 36.8. The highest BCUT2D eigenvalue weighted by Crippen LogP contribution is 2.36. The number of hydrogen-bond donors (Lipinski definition) is 16. The third kappa shape index (κ3) is 10.3. The molecule has 26 heteroatoms. The molecule has 26 nitrogen and oxygen atoms in total. The number of aliphatic hydroxyl groups is 13. The Balaban J connectivity index is 1.59. The van der Waals surface area contributed by atoms with E-state index in [0.717, 1.165) is 13.8 Å². The molecule has 0 aromatic heterocycles. The zero-order valence-corrected chi connectivity index (χ0v) is 30.4. The van der Waals surface area contributed by atoms with Crippen molar-refractivity contribution in [2.24, 2.45) is 0 Å². The van der Waals surface area contributed by atoms with Crippen LogP contribution in [0.15, 0.2) is 0 Å². The molecule has 21 atom stereocenters. The van der Waals surface area contributed by atoms with Crippen LogP contribution in [0.3, 0.4) is 0 Å². The zero-order chi connectivity index (χ0) is 42.7. The zero-order valence-electron chi connectivity index (χ0n) is 30.4. The third-order valence-corrected chi connectivity index (χ3v) is 9.98. The monoisotopic (exact) mass is 836 g/mol. The molecular weight excluding hydrogens is 784 g/mol. The van der Waals surface area contributed by atoms with Crippen LogP contribution in [0.2, 0.25) is 0 Å². The summed E-state index contributed by atoms with van der Waals surface area (Å²) < 4.78 is 38.8. The minimum atomic E-state index is -2.93. The van der Waals surface area contributed by atoms with Crippen molar-refractivity contribution >= 4 is 17.8 Å². The van der Waals surface area contributed by atoms with Crippen molar-refractivity contribution in [3.63, 3.8) is 0 Å². The van der Waals surface area contributed by atoms with Crippen molar-refractivity contribution in [2.75, 3.05) is 26.4 Å². The lowest BCUT2D eigenvalue weighted by Crippen LogP contribution is -2.70. The maximum absolute atomic E-state index is 12.6. The normalized spacial score (nSPS) is 45.1. The fourth-order valence-electron chi connectivity index (χ4n) is 6.92. The number of aliphatic hydroxyl groups excluding tert-OH is 13. The molecule has 4 saturated heterocycles. The lowest BCUT2D eigenvalue weighted by Gasteiger charge is -2.49. The number of carbonyl (C=O) groups excluding carboxylic acids is 2. The SMILES string of the molecule is CC(=O)N[C@H]1[C@H](O[C@@H]2C(O)O[C@H](CO)[C@@H](O)[C@@H]2O)O[C@H](CO)[C@@H](O)[C@@H]1O[C@@H]1O[C@H](CO[C@]2(C(=O)O)C[C@H](O)[C@@H](NC(C)=O)[C@H]([C@H](O)[C@H](O)CO)O2)[C@H](O)[C@H](O)[C@H]1O. The van der Waals surface area contributed by atoms with Crippen molar-refractivity contribution in [3.05, 3.63) is 0 Å². The highest BCUT2D eigenvalue weighted by Gasteiger charge is 2.58. The first-order valence-electron chi connectivity index (χ1n) is 17.7. The van der Waals surface area contributed by atoms with Gasteiger partial charge in [-0.25, -0.2) is 4.79 Å². The Hall–Kier alpha value is -2.39. The van der Waals surface area contributed by atoms with E-state index < -0.39 is 179 Å². The van der Waals surface area contributed by atoms with E-state index in [4.69, 9.17) is 33.2 Å². The molecule has 4 aliphatic heterocycles. The van der Waals surface area contributed by atoms with Crippen LogP contribution in [0.5, 0.6) is 0 Å². The number of ether oxygens (including phenoxy) is 7. The van der Waals surface area contributed by atoms with E-state index in [1.165, 1.54) is 0 Å². The van der Waals surface area contributed by atoms with Gasteiger partial charge in [-0.2, -0.15) is 0 Å². The van der Waals surface area contributed by atoms with Gasteiger partial charge in [0.15, 0.2) is 18.9 Å². The van der Waals surface area contributed by atoms with Gasteiger partial charge in [-0.15, -0.1) is 0 Å². The number of nitrogens with one attached hydrogen (secondary N) is 2. The molecule has 0 aromatic carbocycles. The topological polar surface area (TPSA) is 423 Å². The van der Waals surface area contributed by atoms with Crippen molar-refractivity contribution in [1.82, 2.24) is 10.6 Å². The largest absolute Gasteiger partial charge is 0.477 e. The average Bonchev–Trinajstić information content (AvgIpc) is 3.16. The van der Waals surface area contributed by atoms with Gasteiger partial charge in [0.2, 0.25) is 11.8 Å². The molecule has 57 heavy (non-hydrogen) atoms. The molecule has 4 aliphatic rings. The highest BCUT2D eigenvalue weighted by atomic mass is 16.8. The molecule has 330 valence electrons. The molecule has 4 fully saturated rings. The molecule has 16 N–H and O–H groups in total. The molecular formula is C31H52N2O24. The highest BCUT2D eigenvalue weighted by molar-refractivity contribution is 5.76. The van der Waals surface area contributed by atoms with Crippen LogP contribution in [-0.4, -0.2) is 244 Å². The van der Waals surface area contributed by atoms with Crippen LogP contribution < -0.4 is 10.6 Å². The predicted molar refractivity (Wildman–Crippen MR) is 174 cm³/mol.